The molecule has 45 heavy (non-hydrogen) atoms. The van der Waals surface area contributed by atoms with E-state index in [1.165, 1.54) is 73.1 Å². The molecular formula is C39H46S6. The molecule has 0 spiro atoms. The summed E-state index contributed by atoms with van der Waals surface area (Å²) in [5.74, 6) is 0.474. The van der Waals surface area contributed by atoms with E-state index >= 15 is 0 Å². The first-order valence-electron chi connectivity index (χ1n) is 15.9. The Labute approximate surface area is 293 Å². The number of rotatable bonds is 2. The van der Waals surface area contributed by atoms with Crippen molar-refractivity contribution in [1.82, 2.24) is 0 Å². The van der Waals surface area contributed by atoms with Crippen LogP contribution in [0.4, 0.5) is 0 Å². The zero-order valence-corrected chi connectivity index (χ0v) is 33.7. The number of fused-ring (bicyclic) bond motifs is 1. The van der Waals surface area contributed by atoms with Crippen LogP contribution in [0.5, 0.6) is 0 Å². The first-order valence-corrected chi connectivity index (χ1v) is 20.8. The van der Waals surface area contributed by atoms with Gasteiger partial charge in [0.2, 0.25) is 0 Å². The summed E-state index contributed by atoms with van der Waals surface area (Å²) < 4.78 is 15.5. The molecule has 0 aliphatic heterocycles. The Bertz CT molecular complexity index is 2230. The summed E-state index contributed by atoms with van der Waals surface area (Å²) in [6.07, 6.45) is 3.58. The maximum Gasteiger partial charge on any atom is 0.0622 e. The number of benzene rings is 3. The van der Waals surface area contributed by atoms with Crippen molar-refractivity contribution >= 4 is 121 Å². The third kappa shape index (κ3) is 6.89. The van der Waals surface area contributed by atoms with Gasteiger partial charge in [0.05, 0.1) is 18.8 Å². The molecule has 0 aliphatic carbocycles. The van der Waals surface area contributed by atoms with Gasteiger partial charge in [-0.15, -0.1) is 68.0 Å². The highest BCUT2D eigenvalue weighted by Crippen LogP contribution is 2.45. The lowest BCUT2D eigenvalue weighted by Gasteiger charge is -2.21. The number of aryl methyl sites for hydroxylation is 1. The monoisotopic (exact) mass is 706 g/mol. The van der Waals surface area contributed by atoms with Crippen molar-refractivity contribution in [2.24, 2.45) is 5.41 Å². The van der Waals surface area contributed by atoms with Crippen LogP contribution in [0.3, 0.4) is 0 Å². The van der Waals surface area contributed by atoms with Crippen LogP contribution in [0, 0.1) is 12.3 Å². The Hall–Kier alpha value is -1.54. The summed E-state index contributed by atoms with van der Waals surface area (Å²) in [4.78, 5) is 1.40. The van der Waals surface area contributed by atoms with Crippen molar-refractivity contribution in [3.8, 4) is 0 Å². The van der Waals surface area contributed by atoms with Crippen LogP contribution in [0.1, 0.15) is 110 Å². The van der Waals surface area contributed by atoms with E-state index in [1.807, 2.05) is 68.0 Å². The Morgan fingerprint density at radius 2 is 0.933 bits per heavy atom. The summed E-state index contributed by atoms with van der Waals surface area (Å²) in [5.41, 5.74) is 4.64. The SMILES string of the molecule is Cc1sc2cc(C(C)(C)C)cc3sc4cc(C(C)(C)C)cc(sc5cc(C(C)C)cc6s/c(=C/CC(C)(C)C)c1sc65)c4sc23. The second kappa shape index (κ2) is 11.9. The molecule has 3 heterocycles. The van der Waals surface area contributed by atoms with Crippen LogP contribution in [0.25, 0.3) is 53.1 Å². The normalized spacial score (nSPS) is 13.8. The lowest BCUT2D eigenvalue weighted by atomic mass is 9.87. The third-order valence-corrected chi connectivity index (χ3v) is 16.3. The van der Waals surface area contributed by atoms with Gasteiger partial charge in [0, 0.05) is 37.6 Å². The van der Waals surface area contributed by atoms with E-state index in [9.17, 15) is 0 Å². The zero-order chi connectivity index (χ0) is 32.6. The average Bonchev–Trinajstić information content (AvgIpc) is 2.92. The molecule has 4 bridgehead atoms. The maximum atomic E-state index is 2.52. The van der Waals surface area contributed by atoms with Gasteiger partial charge in [-0.2, -0.15) is 0 Å². The van der Waals surface area contributed by atoms with Gasteiger partial charge in [-0.1, -0.05) is 82.2 Å². The quantitative estimate of drug-likeness (QED) is 0.157. The molecule has 0 saturated carbocycles. The first kappa shape index (κ1) is 33.4. The smallest absolute Gasteiger partial charge is 0.0622 e. The van der Waals surface area contributed by atoms with Crippen LogP contribution in [-0.2, 0) is 10.8 Å². The summed E-state index contributed by atoms with van der Waals surface area (Å²) in [6, 6.07) is 14.9. The van der Waals surface area contributed by atoms with E-state index in [0.29, 0.717) is 5.92 Å². The molecular weight excluding hydrogens is 661 g/mol. The minimum absolute atomic E-state index is 0.0686. The molecule has 3 aromatic heterocycles. The van der Waals surface area contributed by atoms with E-state index in [4.69, 9.17) is 0 Å². The van der Waals surface area contributed by atoms with Crippen molar-refractivity contribution in [3.63, 3.8) is 0 Å². The van der Waals surface area contributed by atoms with Crippen molar-refractivity contribution in [3.05, 3.63) is 62.5 Å². The second-order valence-electron chi connectivity index (χ2n) is 15.9. The molecule has 6 heteroatoms. The molecule has 0 amide bonds. The minimum Gasteiger partial charge on any atom is -0.138 e. The van der Waals surface area contributed by atoms with Crippen LogP contribution < -0.4 is 4.53 Å². The van der Waals surface area contributed by atoms with Gasteiger partial charge in [-0.05, 0) is 88.6 Å². The van der Waals surface area contributed by atoms with Crippen LogP contribution in [0.2, 0.25) is 0 Å². The molecule has 0 radical (unpaired) electrons. The van der Waals surface area contributed by atoms with Crippen LogP contribution >= 0.6 is 68.0 Å². The Morgan fingerprint density at radius 1 is 0.533 bits per heavy atom. The van der Waals surface area contributed by atoms with Crippen LogP contribution in [0.15, 0.2) is 36.4 Å². The van der Waals surface area contributed by atoms with Crippen molar-refractivity contribution in [1.29, 1.82) is 0 Å². The van der Waals surface area contributed by atoms with Crippen molar-refractivity contribution < 1.29 is 0 Å². The van der Waals surface area contributed by atoms with Gasteiger partial charge in [0.1, 0.15) is 0 Å². The van der Waals surface area contributed by atoms with Gasteiger partial charge in [-0.3, -0.25) is 0 Å². The Morgan fingerprint density at radius 3 is 1.36 bits per heavy atom. The molecule has 6 rings (SSSR count). The summed E-state index contributed by atoms with van der Waals surface area (Å²) >= 11 is 12.0. The zero-order valence-electron chi connectivity index (χ0n) is 28.8. The fraction of sp³-hybridized carbons (Fsp3) is 0.436. The molecule has 0 atom stereocenters. The standard InChI is InChI=1S/C39H46S6/c1-21(2)23-15-27-34-28(16-23)42-31-19-25(39(10,11)12)20-32-36(31)45-35-29(17-24(38(7,8)9)18-30(35)43-32)40-22(3)33(44-34)26(41-27)13-14-37(4,5)6/h13,15-21H,14H2,1-12H3/b26-13+,33-22?. The highest BCUT2D eigenvalue weighted by atomic mass is 32.1. The maximum absolute atomic E-state index is 2.52. The molecule has 0 aliphatic rings. The lowest BCUT2D eigenvalue weighted by Crippen LogP contribution is -2.10. The summed E-state index contributed by atoms with van der Waals surface area (Å²) in [7, 11) is 0. The molecule has 0 unspecified atom stereocenters. The van der Waals surface area contributed by atoms with Gasteiger partial charge in [-0.25, -0.2) is 0 Å². The topological polar surface area (TPSA) is 0 Å². The summed E-state index contributed by atoms with van der Waals surface area (Å²) in [6.45, 7) is 28.1. The van der Waals surface area contributed by atoms with E-state index in [-0.39, 0.29) is 16.2 Å². The molecule has 0 saturated heterocycles. The van der Waals surface area contributed by atoms with Crippen LogP contribution in [-0.4, -0.2) is 0 Å². The molecule has 6 aromatic rings. The molecule has 3 aromatic carbocycles. The third-order valence-electron chi connectivity index (χ3n) is 8.26. The summed E-state index contributed by atoms with van der Waals surface area (Å²) in [5, 5.41) is 0. The average molecular weight is 707 g/mol. The largest absolute Gasteiger partial charge is 0.138 e. The molecule has 0 fully saturated rings. The lowest BCUT2D eigenvalue weighted by molar-refractivity contribution is 0.432. The van der Waals surface area contributed by atoms with E-state index < -0.39 is 0 Å². The van der Waals surface area contributed by atoms with Crippen molar-refractivity contribution in [2.75, 3.05) is 0 Å². The highest BCUT2D eigenvalue weighted by Gasteiger charge is 2.20. The van der Waals surface area contributed by atoms with Crippen molar-refractivity contribution in [2.45, 2.75) is 106 Å². The predicted molar refractivity (Wildman–Crippen MR) is 216 cm³/mol. The molecule has 238 valence electrons. The van der Waals surface area contributed by atoms with E-state index in [2.05, 4.69) is 126 Å². The van der Waals surface area contributed by atoms with Gasteiger partial charge in [0.25, 0.3) is 0 Å². The first-order chi connectivity index (χ1) is 20.9. The molecule has 0 nitrogen and oxygen atoms in total. The predicted octanol–water partition coefficient (Wildman–Crippen LogP) is 15.0. The van der Waals surface area contributed by atoms with Gasteiger partial charge >= 0.3 is 0 Å². The molecule has 0 N–H and O–H groups in total. The fourth-order valence-corrected chi connectivity index (χ4v) is 13.3. The highest BCUT2D eigenvalue weighted by molar-refractivity contribution is 7.42. The van der Waals surface area contributed by atoms with Gasteiger partial charge < -0.3 is 0 Å². The van der Waals surface area contributed by atoms with E-state index in [1.54, 1.807) is 0 Å². The minimum atomic E-state index is 0.0686. The second-order valence-corrected chi connectivity index (χ2v) is 22.5. The Balaban J connectivity index is 1.93. The number of hydrogen-bond donors (Lipinski definition) is 0. The van der Waals surface area contributed by atoms with E-state index in [0.717, 1.165) is 6.42 Å². The van der Waals surface area contributed by atoms with Gasteiger partial charge in [0.15, 0.2) is 0 Å². The number of hydrogen-bond acceptors (Lipinski definition) is 6. The fourth-order valence-electron chi connectivity index (χ4n) is 5.35. The Kier molecular flexibility index (Phi) is 8.79.